The minimum atomic E-state index is -2.17. The van der Waals surface area contributed by atoms with Crippen molar-refractivity contribution in [2.45, 2.75) is 43.9 Å². The van der Waals surface area contributed by atoms with Crippen LogP contribution in [-0.4, -0.2) is 79.6 Å². The van der Waals surface area contributed by atoms with Crippen molar-refractivity contribution in [1.82, 2.24) is 5.32 Å². The van der Waals surface area contributed by atoms with Crippen molar-refractivity contribution in [3.05, 3.63) is 0 Å². The zero-order valence-electron chi connectivity index (χ0n) is 10.3. The Labute approximate surface area is 109 Å². The molecule has 0 saturated heterocycles. The van der Waals surface area contributed by atoms with Crippen molar-refractivity contribution in [2.75, 3.05) is 6.61 Å². The molecule has 2 amide bonds. The first-order valence-corrected chi connectivity index (χ1v) is 5.61. The van der Waals surface area contributed by atoms with E-state index < -0.39 is 48.9 Å². The lowest BCUT2D eigenvalue weighted by molar-refractivity contribution is -0.158. The number of hydrogen-bond donors (Lipinski definition) is 7. The Kier molecular flexibility index (Phi) is 7.68. The molecule has 19 heavy (non-hydrogen) atoms. The molecule has 0 fully saturated rings. The second-order valence-corrected chi connectivity index (χ2v) is 3.93. The first-order valence-electron chi connectivity index (χ1n) is 5.61. The van der Waals surface area contributed by atoms with Crippen LogP contribution in [0.4, 0.5) is 0 Å². The molecule has 0 radical (unpaired) electrons. The zero-order valence-corrected chi connectivity index (χ0v) is 10.3. The summed E-state index contributed by atoms with van der Waals surface area (Å²) in [4.78, 5) is 22.2. The third-order valence-corrected chi connectivity index (χ3v) is 2.46. The fourth-order valence-electron chi connectivity index (χ4n) is 1.18. The molecule has 0 rings (SSSR count). The standard InChI is InChI=1S/C10H19NO8/c1-2-5(14)11-10(19)9(18)8(17)7(16)6(15)4(13)3-12/h4,6-9,12-13,15-18H,2-3H2,1H3,(H,11,14,19)/t4-,6-,7+,8-,9-/m1/s1. The Balaban J connectivity index is 4.58. The Morgan fingerprint density at radius 2 is 1.53 bits per heavy atom. The van der Waals surface area contributed by atoms with Crippen LogP contribution in [0.15, 0.2) is 0 Å². The van der Waals surface area contributed by atoms with Gasteiger partial charge < -0.3 is 30.6 Å². The normalized spacial score (nSPS) is 19.1. The van der Waals surface area contributed by atoms with Gasteiger partial charge in [-0.25, -0.2) is 0 Å². The van der Waals surface area contributed by atoms with Gasteiger partial charge in [-0.05, 0) is 0 Å². The Bertz CT molecular complexity index is 310. The molecule has 0 aliphatic carbocycles. The highest BCUT2D eigenvalue weighted by atomic mass is 16.4. The summed E-state index contributed by atoms with van der Waals surface area (Å²) in [5.41, 5.74) is 0. The van der Waals surface area contributed by atoms with E-state index in [1.807, 2.05) is 0 Å². The fraction of sp³-hybridized carbons (Fsp3) is 0.800. The van der Waals surface area contributed by atoms with Crippen LogP contribution in [-0.2, 0) is 9.59 Å². The topological polar surface area (TPSA) is 168 Å². The van der Waals surface area contributed by atoms with Gasteiger partial charge >= 0.3 is 0 Å². The maximum atomic E-state index is 11.3. The Morgan fingerprint density at radius 3 is 1.95 bits per heavy atom. The predicted octanol–water partition coefficient (Wildman–Crippen LogP) is -4.16. The summed E-state index contributed by atoms with van der Waals surface area (Å²) in [6.07, 6.45) is -10.1. The molecule has 0 aromatic rings. The van der Waals surface area contributed by atoms with Crippen LogP contribution in [0.3, 0.4) is 0 Å². The summed E-state index contributed by atoms with van der Waals surface area (Å²) in [6, 6.07) is 0. The third-order valence-electron chi connectivity index (χ3n) is 2.46. The molecule has 9 heteroatoms. The lowest BCUT2D eigenvalue weighted by Crippen LogP contribution is -2.54. The molecule has 7 N–H and O–H groups in total. The van der Waals surface area contributed by atoms with Crippen LogP contribution in [0.5, 0.6) is 0 Å². The number of aliphatic hydroxyl groups is 6. The number of rotatable bonds is 7. The van der Waals surface area contributed by atoms with Gasteiger partial charge in [0.25, 0.3) is 5.91 Å². The molecular weight excluding hydrogens is 262 g/mol. The van der Waals surface area contributed by atoms with E-state index in [2.05, 4.69) is 0 Å². The van der Waals surface area contributed by atoms with Gasteiger partial charge in [0.1, 0.15) is 24.4 Å². The van der Waals surface area contributed by atoms with Gasteiger partial charge in [-0.1, -0.05) is 6.92 Å². The average molecular weight is 281 g/mol. The van der Waals surface area contributed by atoms with Gasteiger partial charge in [-0.3, -0.25) is 14.9 Å². The van der Waals surface area contributed by atoms with Gasteiger partial charge in [0.15, 0.2) is 6.10 Å². The van der Waals surface area contributed by atoms with E-state index in [1.54, 1.807) is 5.32 Å². The molecule has 0 aromatic carbocycles. The number of hydrogen-bond acceptors (Lipinski definition) is 8. The molecule has 0 aliphatic rings. The van der Waals surface area contributed by atoms with E-state index >= 15 is 0 Å². The second kappa shape index (κ2) is 8.15. The number of carbonyl (C=O) groups excluding carboxylic acids is 2. The first-order chi connectivity index (χ1) is 8.76. The van der Waals surface area contributed by atoms with Crippen LogP contribution in [0.2, 0.25) is 0 Å². The van der Waals surface area contributed by atoms with E-state index in [0.29, 0.717) is 0 Å². The van der Waals surface area contributed by atoms with Gasteiger partial charge in [0, 0.05) is 6.42 Å². The molecule has 112 valence electrons. The van der Waals surface area contributed by atoms with Gasteiger partial charge in [-0.2, -0.15) is 0 Å². The first kappa shape index (κ1) is 17.9. The molecular formula is C10H19NO8. The molecule has 0 aromatic heterocycles. The predicted molar refractivity (Wildman–Crippen MR) is 60.6 cm³/mol. The summed E-state index contributed by atoms with van der Waals surface area (Å²) in [7, 11) is 0. The van der Waals surface area contributed by atoms with E-state index in [0.717, 1.165) is 0 Å². The minimum absolute atomic E-state index is 0.0248. The largest absolute Gasteiger partial charge is 0.394 e. The molecule has 0 bridgehead atoms. The summed E-state index contributed by atoms with van der Waals surface area (Å²) >= 11 is 0. The summed E-state index contributed by atoms with van der Waals surface area (Å²) in [5.74, 6) is -1.94. The van der Waals surface area contributed by atoms with E-state index in [1.165, 1.54) is 6.92 Å². The van der Waals surface area contributed by atoms with Crippen molar-refractivity contribution in [3.8, 4) is 0 Å². The van der Waals surface area contributed by atoms with Gasteiger partial charge in [0.05, 0.1) is 6.61 Å². The van der Waals surface area contributed by atoms with Gasteiger partial charge in [-0.15, -0.1) is 0 Å². The van der Waals surface area contributed by atoms with Crippen LogP contribution in [0.1, 0.15) is 13.3 Å². The SMILES string of the molecule is CCC(=O)NC(=O)[C@H](O)[C@H](O)[C@@H](O)[C@H](O)[C@H](O)CO. The van der Waals surface area contributed by atoms with Crippen LogP contribution >= 0.6 is 0 Å². The summed E-state index contributed by atoms with van der Waals surface area (Å²) < 4.78 is 0. The summed E-state index contributed by atoms with van der Waals surface area (Å²) in [6.45, 7) is 0.573. The number of imide groups is 1. The molecule has 5 atom stereocenters. The Hall–Kier alpha value is -1.10. The number of aliphatic hydroxyl groups excluding tert-OH is 6. The Morgan fingerprint density at radius 1 is 1.00 bits per heavy atom. The highest BCUT2D eigenvalue weighted by Gasteiger charge is 2.37. The molecule has 0 spiro atoms. The second-order valence-electron chi connectivity index (χ2n) is 3.93. The van der Waals surface area contributed by atoms with Gasteiger partial charge in [0.2, 0.25) is 5.91 Å². The number of nitrogens with one attached hydrogen (secondary N) is 1. The maximum absolute atomic E-state index is 11.3. The fourth-order valence-corrected chi connectivity index (χ4v) is 1.18. The van der Waals surface area contributed by atoms with E-state index in [4.69, 9.17) is 10.2 Å². The number of amides is 2. The lowest BCUT2D eigenvalue weighted by atomic mass is 9.99. The van der Waals surface area contributed by atoms with Crippen molar-refractivity contribution < 1.29 is 40.2 Å². The third kappa shape index (κ3) is 5.19. The molecule has 0 heterocycles. The highest BCUT2D eigenvalue weighted by Crippen LogP contribution is 2.08. The van der Waals surface area contributed by atoms with Crippen LogP contribution < -0.4 is 5.32 Å². The average Bonchev–Trinajstić information content (AvgIpc) is 2.42. The molecule has 9 nitrogen and oxygen atoms in total. The molecule has 0 saturated carbocycles. The van der Waals surface area contributed by atoms with Crippen molar-refractivity contribution in [1.29, 1.82) is 0 Å². The van der Waals surface area contributed by atoms with E-state index in [-0.39, 0.29) is 6.42 Å². The maximum Gasteiger partial charge on any atom is 0.258 e. The van der Waals surface area contributed by atoms with E-state index in [9.17, 15) is 30.0 Å². The monoisotopic (exact) mass is 281 g/mol. The zero-order chi connectivity index (χ0) is 15.2. The summed E-state index contributed by atoms with van der Waals surface area (Å²) in [5, 5.41) is 56.8. The van der Waals surface area contributed by atoms with Crippen molar-refractivity contribution in [3.63, 3.8) is 0 Å². The van der Waals surface area contributed by atoms with Crippen molar-refractivity contribution >= 4 is 11.8 Å². The number of carbonyl (C=O) groups is 2. The lowest BCUT2D eigenvalue weighted by Gasteiger charge is -2.27. The quantitative estimate of drug-likeness (QED) is 0.247. The van der Waals surface area contributed by atoms with Crippen molar-refractivity contribution in [2.24, 2.45) is 0 Å². The molecule has 0 unspecified atom stereocenters. The minimum Gasteiger partial charge on any atom is -0.394 e. The molecule has 0 aliphatic heterocycles. The van der Waals surface area contributed by atoms with Crippen LogP contribution in [0.25, 0.3) is 0 Å². The van der Waals surface area contributed by atoms with Crippen LogP contribution in [0, 0.1) is 0 Å². The highest BCUT2D eigenvalue weighted by molar-refractivity contribution is 5.97. The smallest absolute Gasteiger partial charge is 0.258 e.